The van der Waals surface area contributed by atoms with Crippen LogP contribution in [-0.2, 0) is 9.84 Å². The number of para-hydroxylation sites is 1. The van der Waals surface area contributed by atoms with Crippen LogP contribution in [0.5, 0.6) is 11.5 Å². The molecule has 0 spiro atoms. The van der Waals surface area contributed by atoms with Gasteiger partial charge in [0.05, 0.1) is 25.5 Å². The van der Waals surface area contributed by atoms with E-state index in [0.717, 1.165) is 6.26 Å². The minimum Gasteiger partial charge on any atom is -0.493 e. The van der Waals surface area contributed by atoms with E-state index in [1.807, 2.05) is 0 Å². The first-order chi connectivity index (χ1) is 8.89. The van der Waals surface area contributed by atoms with Crippen LogP contribution < -0.4 is 9.47 Å². The second kappa shape index (κ2) is 6.56. The number of hydrogen-bond donors (Lipinski definition) is 0. The van der Waals surface area contributed by atoms with Crippen LogP contribution in [0.1, 0.15) is 23.2 Å². The molecule has 0 aliphatic heterocycles. The molecule has 106 valence electrons. The Bertz CT molecular complexity index is 548. The molecule has 0 bridgehead atoms. The summed E-state index contributed by atoms with van der Waals surface area (Å²) in [5.74, 6) is 0.718. The Balaban J connectivity index is 2.82. The number of methoxy groups -OCH3 is 2. The zero-order chi connectivity index (χ0) is 14.5. The maximum absolute atomic E-state index is 12.0. The summed E-state index contributed by atoms with van der Waals surface area (Å²) < 4.78 is 32.3. The monoisotopic (exact) mass is 286 g/mol. The van der Waals surface area contributed by atoms with Gasteiger partial charge in [0.25, 0.3) is 0 Å². The van der Waals surface area contributed by atoms with Crippen molar-refractivity contribution in [2.45, 2.75) is 12.8 Å². The molecular formula is C13H18O5S. The number of rotatable bonds is 7. The molecule has 0 fully saturated rings. The first-order valence-electron chi connectivity index (χ1n) is 5.81. The molecule has 0 N–H and O–H groups in total. The normalized spacial score (nSPS) is 11.1. The van der Waals surface area contributed by atoms with Gasteiger partial charge in [-0.1, -0.05) is 6.07 Å². The molecular weight excluding hydrogens is 268 g/mol. The fourth-order valence-electron chi connectivity index (χ4n) is 1.74. The van der Waals surface area contributed by atoms with Gasteiger partial charge in [-0.2, -0.15) is 0 Å². The molecule has 0 amide bonds. The van der Waals surface area contributed by atoms with E-state index in [4.69, 9.17) is 9.47 Å². The van der Waals surface area contributed by atoms with Crippen LogP contribution in [0.3, 0.4) is 0 Å². The first kappa shape index (κ1) is 15.5. The fourth-order valence-corrected chi connectivity index (χ4v) is 2.40. The second-order valence-corrected chi connectivity index (χ2v) is 6.46. The number of Topliss-reactive ketones (excluding diaryl/α,β-unsaturated/α-hetero) is 1. The molecule has 5 nitrogen and oxygen atoms in total. The molecule has 0 radical (unpaired) electrons. The number of benzene rings is 1. The lowest BCUT2D eigenvalue weighted by molar-refractivity contribution is 0.0978. The lowest BCUT2D eigenvalue weighted by Gasteiger charge is -2.11. The van der Waals surface area contributed by atoms with E-state index in [2.05, 4.69) is 0 Å². The average molecular weight is 286 g/mol. The molecule has 19 heavy (non-hydrogen) atoms. The van der Waals surface area contributed by atoms with E-state index < -0.39 is 9.84 Å². The molecule has 0 aliphatic carbocycles. The van der Waals surface area contributed by atoms with Gasteiger partial charge in [-0.25, -0.2) is 8.42 Å². The predicted molar refractivity (Wildman–Crippen MR) is 72.8 cm³/mol. The van der Waals surface area contributed by atoms with Gasteiger partial charge < -0.3 is 9.47 Å². The van der Waals surface area contributed by atoms with E-state index in [-0.39, 0.29) is 18.0 Å². The van der Waals surface area contributed by atoms with Gasteiger partial charge in [0.15, 0.2) is 17.3 Å². The van der Waals surface area contributed by atoms with Crippen molar-refractivity contribution in [3.05, 3.63) is 23.8 Å². The van der Waals surface area contributed by atoms with Crippen molar-refractivity contribution in [3.8, 4) is 11.5 Å². The Kier molecular flexibility index (Phi) is 5.35. The summed E-state index contributed by atoms with van der Waals surface area (Å²) in [6.45, 7) is 0. The highest BCUT2D eigenvalue weighted by Gasteiger charge is 2.16. The van der Waals surface area contributed by atoms with Crippen LogP contribution in [0.4, 0.5) is 0 Å². The predicted octanol–water partition coefficient (Wildman–Crippen LogP) is 1.71. The lowest BCUT2D eigenvalue weighted by Crippen LogP contribution is -2.08. The summed E-state index contributed by atoms with van der Waals surface area (Å²) in [6.07, 6.45) is 1.62. The molecule has 1 rings (SSSR count). The smallest absolute Gasteiger partial charge is 0.171 e. The summed E-state index contributed by atoms with van der Waals surface area (Å²) in [4.78, 5) is 12.0. The quantitative estimate of drug-likeness (QED) is 0.714. The Morgan fingerprint density at radius 1 is 1.21 bits per heavy atom. The van der Waals surface area contributed by atoms with Crippen LogP contribution in [0, 0.1) is 0 Å². The zero-order valence-electron chi connectivity index (χ0n) is 11.3. The van der Waals surface area contributed by atoms with E-state index in [9.17, 15) is 13.2 Å². The molecule has 1 aromatic carbocycles. The summed E-state index contributed by atoms with van der Waals surface area (Å²) in [7, 11) is -0.0794. The number of carbonyl (C=O) groups excluding carboxylic acids is 1. The largest absolute Gasteiger partial charge is 0.493 e. The van der Waals surface area contributed by atoms with Crippen molar-refractivity contribution < 1.29 is 22.7 Å². The van der Waals surface area contributed by atoms with E-state index in [1.165, 1.54) is 14.2 Å². The minimum absolute atomic E-state index is 0.00498. The molecule has 1 aromatic rings. The van der Waals surface area contributed by atoms with Gasteiger partial charge in [0.2, 0.25) is 0 Å². The molecule has 0 saturated heterocycles. The van der Waals surface area contributed by atoms with Crippen molar-refractivity contribution >= 4 is 15.6 Å². The average Bonchev–Trinajstić information content (AvgIpc) is 2.35. The number of sulfone groups is 1. The Labute approximate surface area is 113 Å². The number of ketones is 1. The van der Waals surface area contributed by atoms with Crippen LogP contribution in [0.2, 0.25) is 0 Å². The van der Waals surface area contributed by atoms with E-state index in [0.29, 0.717) is 23.5 Å². The van der Waals surface area contributed by atoms with Crippen molar-refractivity contribution in [1.82, 2.24) is 0 Å². The zero-order valence-corrected chi connectivity index (χ0v) is 12.1. The third kappa shape index (κ3) is 4.55. The third-order valence-corrected chi connectivity index (χ3v) is 3.65. The third-order valence-electron chi connectivity index (χ3n) is 2.62. The van der Waals surface area contributed by atoms with Gasteiger partial charge in [0.1, 0.15) is 9.84 Å². The lowest BCUT2D eigenvalue weighted by atomic mass is 10.1. The number of ether oxygens (including phenoxy) is 2. The highest BCUT2D eigenvalue weighted by molar-refractivity contribution is 7.90. The van der Waals surface area contributed by atoms with Crippen molar-refractivity contribution in [2.75, 3.05) is 26.2 Å². The van der Waals surface area contributed by atoms with Crippen LogP contribution >= 0.6 is 0 Å². The van der Waals surface area contributed by atoms with Crippen LogP contribution in [0.25, 0.3) is 0 Å². The molecule has 0 heterocycles. The summed E-state index contributed by atoms with van der Waals surface area (Å²) in [6, 6.07) is 5.04. The molecule has 0 aromatic heterocycles. The number of carbonyl (C=O) groups is 1. The molecule has 6 heteroatoms. The van der Waals surface area contributed by atoms with E-state index >= 15 is 0 Å². The highest BCUT2D eigenvalue weighted by atomic mass is 32.2. The Morgan fingerprint density at radius 3 is 2.42 bits per heavy atom. The van der Waals surface area contributed by atoms with Gasteiger partial charge in [-0.05, 0) is 18.6 Å². The topological polar surface area (TPSA) is 69.7 Å². The summed E-state index contributed by atoms with van der Waals surface area (Å²) >= 11 is 0. The van der Waals surface area contributed by atoms with Gasteiger partial charge in [-0.3, -0.25) is 4.79 Å². The Hall–Kier alpha value is -1.56. The first-order valence-corrected chi connectivity index (χ1v) is 7.87. The SMILES string of the molecule is COc1cccc(C(=O)CCCS(C)(=O)=O)c1OC. The summed E-state index contributed by atoms with van der Waals surface area (Å²) in [5.41, 5.74) is 0.412. The van der Waals surface area contributed by atoms with Crippen molar-refractivity contribution in [2.24, 2.45) is 0 Å². The van der Waals surface area contributed by atoms with E-state index in [1.54, 1.807) is 18.2 Å². The van der Waals surface area contributed by atoms with Gasteiger partial charge in [-0.15, -0.1) is 0 Å². The molecule has 0 atom stereocenters. The fraction of sp³-hybridized carbons (Fsp3) is 0.462. The number of hydrogen-bond acceptors (Lipinski definition) is 5. The summed E-state index contributed by atoms with van der Waals surface area (Å²) in [5, 5.41) is 0. The minimum atomic E-state index is -3.04. The molecule has 0 saturated carbocycles. The van der Waals surface area contributed by atoms with Crippen molar-refractivity contribution in [1.29, 1.82) is 0 Å². The van der Waals surface area contributed by atoms with Gasteiger partial charge >= 0.3 is 0 Å². The molecule has 0 aliphatic rings. The standard InChI is InChI=1S/C13H18O5S/c1-17-12-8-4-6-10(13(12)18-2)11(14)7-5-9-19(3,15)16/h4,6,8H,5,7,9H2,1-3H3. The van der Waals surface area contributed by atoms with Crippen molar-refractivity contribution in [3.63, 3.8) is 0 Å². The maximum Gasteiger partial charge on any atom is 0.171 e. The Morgan fingerprint density at radius 2 is 1.89 bits per heavy atom. The molecule has 0 unspecified atom stereocenters. The van der Waals surface area contributed by atoms with Gasteiger partial charge in [0, 0.05) is 12.7 Å². The second-order valence-electron chi connectivity index (χ2n) is 4.20. The highest BCUT2D eigenvalue weighted by Crippen LogP contribution is 2.31. The van der Waals surface area contributed by atoms with Crippen LogP contribution in [-0.4, -0.2) is 40.4 Å². The van der Waals surface area contributed by atoms with Crippen LogP contribution in [0.15, 0.2) is 18.2 Å². The maximum atomic E-state index is 12.0.